The van der Waals surface area contributed by atoms with E-state index in [1.165, 1.54) is 0 Å². The van der Waals surface area contributed by atoms with Crippen LogP contribution in [0, 0.1) is 0 Å². The van der Waals surface area contributed by atoms with Gasteiger partial charge in [0, 0.05) is 0 Å². The molecule has 0 aromatic rings. The predicted molar refractivity (Wildman–Crippen MR) is 43.9 cm³/mol. The summed E-state index contributed by atoms with van der Waals surface area (Å²) < 4.78 is 13.3. The van der Waals surface area contributed by atoms with Crippen LogP contribution < -0.4 is 0 Å². The van der Waals surface area contributed by atoms with Crippen molar-refractivity contribution in [2.45, 2.75) is 58.5 Å². The van der Waals surface area contributed by atoms with Gasteiger partial charge < -0.3 is 0 Å². The highest BCUT2D eigenvalue weighted by atomic mass is 19.1. The molecule has 0 aliphatic heterocycles. The second kappa shape index (κ2) is 4.70. The molecule has 0 spiro atoms. The third-order valence-corrected chi connectivity index (χ3v) is 1.82. The van der Waals surface area contributed by atoms with Gasteiger partial charge in [0.05, 0.1) is 0 Å². The Bertz CT molecular complexity index is 76.8. The lowest BCUT2D eigenvalue weighted by Gasteiger charge is -2.18. The quantitative estimate of drug-likeness (QED) is 0.554. The van der Waals surface area contributed by atoms with Gasteiger partial charge in [-0.3, -0.25) is 0 Å². The fourth-order valence-electron chi connectivity index (χ4n) is 1.19. The Kier molecular flexibility index (Phi) is 4.67. The van der Waals surface area contributed by atoms with Crippen molar-refractivity contribution in [1.82, 2.24) is 0 Å². The molecule has 0 heterocycles. The third kappa shape index (κ3) is 4.78. The zero-order valence-electron chi connectivity index (χ0n) is 7.41. The molecule has 0 saturated carbocycles. The fraction of sp³-hybridized carbons (Fsp3) is 1.00. The maximum absolute atomic E-state index is 13.3. The molecule has 0 rings (SSSR count). The molecule has 1 unspecified atom stereocenters. The highest BCUT2D eigenvalue weighted by molar-refractivity contribution is 4.71. The average molecular weight is 146 g/mol. The van der Waals surface area contributed by atoms with Crippen molar-refractivity contribution in [2.24, 2.45) is 0 Å². The lowest BCUT2D eigenvalue weighted by molar-refractivity contribution is 0.156. The van der Waals surface area contributed by atoms with Crippen LogP contribution in [0.2, 0.25) is 0 Å². The predicted octanol–water partition coefficient (Wildman–Crippen LogP) is 3.70. The molecule has 0 aromatic carbocycles. The van der Waals surface area contributed by atoms with E-state index in [4.69, 9.17) is 0 Å². The summed E-state index contributed by atoms with van der Waals surface area (Å²) in [5.41, 5.74) is -0.898. The van der Waals surface area contributed by atoms with Gasteiger partial charge in [-0.05, 0) is 19.8 Å². The first-order chi connectivity index (χ1) is 4.62. The number of hydrogen-bond donors (Lipinski definition) is 0. The van der Waals surface area contributed by atoms with Gasteiger partial charge in [-0.15, -0.1) is 0 Å². The molecular formula is C9H19F. The second-order valence-electron chi connectivity index (χ2n) is 3.27. The Labute approximate surface area is 63.8 Å². The molecule has 10 heavy (non-hydrogen) atoms. The van der Waals surface area contributed by atoms with Gasteiger partial charge in [-0.2, -0.15) is 0 Å². The monoisotopic (exact) mass is 146 g/mol. The van der Waals surface area contributed by atoms with Crippen LogP contribution >= 0.6 is 0 Å². The molecule has 0 aromatic heterocycles. The SMILES string of the molecule is CCCCC(C)(F)CCC. The molecule has 0 aliphatic carbocycles. The van der Waals surface area contributed by atoms with E-state index >= 15 is 0 Å². The summed E-state index contributed by atoms with van der Waals surface area (Å²) in [6.45, 7) is 5.85. The maximum atomic E-state index is 13.3. The summed E-state index contributed by atoms with van der Waals surface area (Å²) in [4.78, 5) is 0. The molecule has 0 saturated heterocycles. The summed E-state index contributed by atoms with van der Waals surface area (Å²) >= 11 is 0. The molecule has 1 heteroatoms. The minimum Gasteiger partial charge on any atom is -0.244 e. The zero-order valence-corrected chi connectivity index (χ0v) is 7.41. The highest BCUT2D eigenvalue weighted by Crippen LogP contribution is 2.23. The fourth-order valence-corrected chi connectivity index (χ4v) is 1.19. The Morgan fingerprint density at radius 3 is 2.10 bits per heavy atom. The molecule has 0 bridgehead atoms. The number of unbranched alkanes of at least 4 members (excludes halogenated alkanes) is 1. The van der Waals surface area contributed by atoms with Crippen LogP contribution in [0.1, 0.15) is 52.9 Å². The third-order valence-electron chi connectivity index (χ3n) is 1.82. The first kappa shape index (κ1) is 9.93. The first-order valence-corrected chi connectivity index (χ1v) is 4.31. The van der Waals surface area contributed by atoms with Crippen LogP contribution in [-0.2, 0) is 0 Å². The van der Waals surface area contributed by atoms with Gasteiger partial charge in [0.2, 0.25) is 0 Å². The van der Waals surface area contributed by atoms with E-state index in [1.807, 2.05) is 6.92 Å². The van der Waals surface area contributed by atoms with Crippen LogP contribution in [0.25, 0.3) is 0 Å². The summed E-state index contributed by atoms with van der Waals surface area (Å²) in [6.07, 6.45) is 4.53. The number of halogens is 1. The first-order valence-electron chi connectivity index (χ1n) is 4.31. The van der Waals surface area contributed by atoms with Gasteiger partial charge in [-0.1, -0.05) is 33.1 Å². The Balaban J connectivity index is 3.42. The van der Waals surface area contributed by atoms with E-state index in [-0.39, 0.29) is 0 Å². The van der Waals surface area contributed by atoms with Crippen molar-refractivity contribution >= 4 is 0 Å². The average Bonchev–Trinajstić information content (AvgIpc) is 1.84. The lowest BCUT2D eigenvalue weighted by Crippen LogP contribution is -2.16. The maximum Gasteiger partial charge on any atom is 0.108 e. The van der Waals surface area contributed by atoms with Crippen LogP contribution in [0.15, 0.2) is 0 Å². The molecule has 0 N–H and O–H groups in total. The number of alkyl halides is 1. The lowest BCUT2D eigenvalue weighted by atomic mass is 9.96. The largest absolute Gasteiger partial charge is 0.244 e. The standard InChI is InChI=1S/C9H19F/c1-4-6-8-9(3,10)7-5-2/h4-8H2,1-3H3. The topological polar surface area (TPSA) is 0 Å². The molecule has 0 amide bonds. The van der Waals surface area contributed by atoms with Crippen molar-refractivity contribution in [2.75, 3.05) is 0 Å². The van der Waals surface area contributed by atoms with Crippen molar-refractivity contribution < 1.29 is 4.39 Å². The van der Waals surface area contributed by atoms with Crippen molar-refractivity contribution in [3.63, 3.8) is 0 Å². The van der Waals surface area contributed by atoms with E-state index < -0.39 is 5.67 Å². The molecule has 0 fully saturated rings. The molecule has 62 valence electrons. The number of rotatable bonds is 5. The van der Waals surface area contributed by atoms with Crippen molar-refractivity contribution in [3.8, 4) is 0 Å². The second-order valence-corrected chi connectivity index (χ2v) is 3.27. The van der Waals surface area contributed by atoms with Gasteiger partial charge >= 0.3 is 0 Å². The van der Waals surface area contributed by atoms with E-state index in [1.54, 1.807) is 6.92 Å². The smallest absolute Gasteiger partial charge is 0.108 e. The Hall–Kier alpha value is -0.0700. The summed E-state index contributed by atoms with van der Waals surface area (Å²) in [6, 6.07) is 0. The molecule has 1 atom stereocenters. The van der Waals surface area contributed by atoms with E-state index in [0.717, 1.165) is 25.7 Å². The summed E-state index contributed by atoms with van der Waals surface area (Å²) in [5.74, 6) is 0. The number of hydrogen-bond acceptors (Lipinski definition) is 0. The molecule has 0 aliphatic rings. The van der Waals surface area contributed by atoms with Gasteiger partial charge in [0.25, 0.3) is 0 Å². The molecule has 0 nitrogen and oxygen atoms in total. The van der Waals surface area contributed by atoms with Gasteiger partial charge in [0.15, 0.2) is 0 Å². The van der Waals surface area contributed by atoms with Crippen LogP contribution in [-0.4, -0.2) is 5.67 Å². The highest BCUT2D eigenvalue weighted by Gasteiger charge is 2.20. The van der Waals surface area contributed by atoms with Gasteiger partial charge in [0.1, 0.15) is 5.67 Å². The minimum atomic E-state index is -0.898. The van der Waals surface area contributed by atoms with E-state index in [2.05, 4.69) is 6.92 Å². The Morgan fingerprint density at radius 2 is 1.70 bits per heavy atom. The van der Waals surface area contributed by atoms with Gasteiger partial charge in [-0.25, -0.2) is 4.39 Å². The van der Waals surface area contributed by atoms with Crippen LogP contribution in [0.4, 0.5) is 4.39 Å². The summed E-state index contributed by atoms with van der Waals surface area (Å²) in [7, 11) is 0. The Morgan fingerprint density at radius 1 is 1.10 bits per heavy atom. The van der Waals surface area contributed by atoms with Crippen molar-refractivity contribution in [1.29, 1.82) is 0 Å². The van der Waals surface area contributed by atoms with E-state index in [0.29, 0.717) is 6.42 Å². The molecular weight excluding hydrogens is 127 g/mol. The normalized spacial score (nSPS) is 16.8. The minimum absolute atomic E-state index is 0.715. The zero-order chi connectivity index (χ0) is 8.04. The van der Waals surface area contributed by atoms with E-state index in [9.17, 15) is 4.39 Å². The van der Waals surface area contributed by atoms with Crippen molar-refractivity contribution in [3.05, 3.63) is 0 Å². The van der Waals surface area contributed by atoms with Crippen LogP contribution in [0.5, 0.6) is 0 Å². The summed E-state index contributed by atoms with van der Waals surface area (Å²) in [5, 5.41) is 0. The molecule has 0 radical (unpaired) electrons. The van der Waals surface area contributed by atoms with Crippen LogP contribution in [0.3, 0.4) is 0 Å².